The molecule has 0 amide bonds. The Labute approximate surface area is 215 Å². The zero-order valence-corrected chi connectivity index (χ0v) is 20.9. The average Bonchev–Trinajstić information content (AvgIpc) is 3.62. The van der Waals surface area contributed by atoms with Crippen LogP contribution in [0.4, 0.5) is 17.6 Å². The number of alkyl halides is 3. The molecule has 0 radical (unpaired) electrons. The molecule has 6 nitrogen and oxygen atoms in total. The van der Waals surface area contributed by atoms with Gasteiger partial charge in [0.2, 0.25) is 0 Å². The quantitative estimate of drug-likeness (QED) is 0.296. The van der Waals surface area contributed by atoms with Gasteiger partial charge < -0.3 is 4.74 Å². The van der Waals surface area contributed by atoms with Crippen LogP contribution in [-0.2, 0) is 18.0 Å². The van der Waals surface area contributed by atoms with Crippen molar-refractivity contribution in [1.82, 2.24) is 19.3 Å². The van der Waals surface area contributed by atoms with Crippen LogP contribution in [0, 0.1) is 12.7 Å². The van der Waals surface area contributed by atoms with E-state index >= 15 is 0 Å². The molecular formula is C28H26F4N4O2. The summed E-state index contributed by atoms with van der Waals surface area (Å²) in [6, 6.07) is 6.33. The van der Waals surface area contributed by atoms with Crippen molar-refractivity contribution in [3.05, 3.63) is 81.4 Å². The molecule has 2 fully saturated rings. The van der Waals surface area contributed by atoms with Crippen molar-refractivity contribution < 1.29 is 22.3 Å². The monoisotopic (exact) mass is 526 g/mol. The summed E-state index contributed by atoms with van der Waals surface area (Å²) in [4.78, 5) is 18.2. The maximum atomic E-state index is 15.0. The van der Waals surface area contributed by atoms with Gasteiger partial charge in [0.15, 0.2) is 0 Å². The number of halogens is 4. The van der Waals surface area contributed by atoms with Gasteiger partial charge in [-0.1, -0.05) is 18.2 Å². The number of hydrogen-bond donors (Lipinski definition) is 0. The van der Waals surface area contributed by atoms with Crippen molar-refractivity contribution in [3.63, 3.8) is 0 Å². The Bertz CT molecular complexity index is 1600. The summed E-state index contributed by atoms with van der Waals surface area (Å²) in [5.74, 6) is -0.623. The number of ether oxygens (including phenoxy) is 1. The van der Waals surface area contributed by atoms with E-state index in [0.29, 0.717) is 42.8 Å². The Balaban J connectivity index is 1.44. The highest BCUT2D eigenvalue weighted by Crippen LogP contribution is 2.42. The van der Waals surface area contributed by atoms with Gasteiger partial charge in [-0.3, -0.25) is 14.0 Å². The van der Waals surface area contributed by atoms with Crippen LogP contribution in [0.3, 0.4) is 0 Å². The zero-order valence-electron chi connectivity index (χ0n) is 20.9. The number of aryl methyl sites for hydroxylation is 1. The van der Waals surface area contributed by atoms with Gasteiger partial charge in [0.25, 0.3) is 5.56 Å². The van der Waals surface area contributed by atoms with Gasteiger partial charge in [-0.2, -0.15) is 18.3 Å². The van der Waals surface area contributed by atoms with Gasteiger partial charge in [0.1, 0.15) is 11.6 Å². The van der Waals surface area contributed by atoms with E-state index in [9.17, 15) is 22.4 Å². The second-order valence-electron chi connectivity index (χ2n) is 10.2. The van der Waals surface area contributed by atoms with E-state index in [0.717, 1.165) is 36.1 Å². The summed E-state index contributed by atoms with van der Waals surface area (Å²) in [5.41, 5.74) is 0.964. The lowest BCUT2D eigenvalue weighted by Gasteiger charge is -2.30. The third-order valence-corrected chi connectivity index (χ3v) is 7.71. The summed E-state index contributed by atoms with van der Waals surface area (Å²) >= 11 is 0. The van der Waals surface area contributed by atoms with Crippen LogP contribution in [0.15, 0.2) is 47.5 Å². The van der Waals surface area contributed by atoms with Crippen molar-refractivity contribution in [2.45, 2.75) is 56.8 Å². The van der Waals surface area contributed by atoms with E-state index in [-0.39, 0.29) is 34.2 Å². The van der Waals surface area contributed by atoms with Crippen LogP contribution < -0.4 is 5.56 Å². The smallest absolute Gasteiger partial charge is 0.373 e. The van der Waals surface area contributed by atoms with Gasteiger partial charge in [0.05, 0.1) is 34.8 Å². The molecule has 1 aliphatic heterocycles. The predicted molar refractivity (Wildman–Crippen MR) is 133 cm³/mol. The molecule has 2 aromatic carbocycles. The molecule has 4 aromatic rings. The van der Waals surface area contributed by atoms with E-state index in [2.05, 4.69) is 10.1 Å². The van der Waals surface area contributed by atoms with Crippen LogP contribution in [0.5, 0.6) is 0 Å². The Hall–Kier alpha value is -3.53. The van der Waals surface area contributed by atoms with Crippen molar-refractivity contribution in [2.75, 3.05) is 6.61 Å². The molecule has 2 aromatic heterocycles. The Morgan fingerprint density at radius 3 is 2.55 bits per heavy atom. The van der Waals surface area contributed by atoms with E-state index < -0.39 is 17.6 Å². The van der Waals surface area contributed by atoms with E-state index in [1.165, 1.54) is 4.57 Å². The summed E-state index contributed by atoms with van der Waals surface area (Å²) in [6.45, 7) is 2.17. The van der Waals surface area contributed by atoms with Crippen LogP contribution >= 0.6 is 0 Å². The van der Waals surface area contributed by atoms with Crippen LogP contribution in [0.25, 0.3) is 22.0 Å². The van der Waals surface area contributed by atoms with Crippen molar-refractivity contribution in [1.29, 1.82) is 0 Å². The molecule has 2 aliphatic rings. The first-order chi connectivity index (χ1) is 18.1. The number of rotatable bonds is 4. The summed E-state index contributed by atoms with van der Waals surface area (Å²) in [5, 5.41) is 4.83. The molecule has 6 rings (SSSR count). The van der Waals surface area contributed by atoms with Crippen molar-refractivity contribution >= 4 is 10.9 Å². The molecule has 10 heteroatoms. The van der Waals surface area contributed by atoms with E-state index in [4.69, 9.17) is 4.74 Å². The first-order valence-electron chi connectivity index (χ1n) is 12.6. The molecule has 1 saturated heterocycles. The number of benzene rings is 2. The van der Waals surface area contributed by atoms with Gasteiger partial charge in [0, 0.05) is 36.5 Å². The van der Waals surface area contributed by atoms with Crippen LogP contribution in [-0.4, -0.2) is 25.9 Å². The largest absolute Gasteiger partial charge is 0.416 e. The SMILES string of the molecule is Cc1nc2c(-c3ccc(C(F)(F)F)cc3F)ccc(C3CCOC(c4cnn(C5CC5)c4)C3)c2c(=O)n1C. The summed E-state index contributed by atoms with van der Waals surface area (Å²) < 4.78 is 63.9. The third-order valence-electron chi connectivity index (χ3n) is 7.71. The molecule has 3 heterocycles. The van der Waals surface area contributed by atoms with Gasteiger partial charge in [-0.15, -0.1) is 0 Å². The Kier molecular flexibility index (Phi) is 5.90. The maximum Gasteiger partial charge on any atom is 0.416 e. The molecule has 0 N–H and O–H groups in total. The maximum absolute atomic E-state index is 15.0. The van der Waals surface area contributed by atoms with Gasteiger partial charge in [-0.25, -0.2) is 9.37 Å². The normalized spacial score (nSPS) is 20.3. The fourth-order valence-corrected chi connectivity index (χ4v) is 5.34. The Morgan fingerprint density at radius 2 is 1.84 bits per heavy atom. The summed E-state index contributed by atoms with van der Waals surface area (Å²) in [7, 11) is 1.62. The fraction of sp³-hybridized carbons (Fsp3) is 0.393. The topological polar surface area (TPSA) is 61.9 Å². The van der Waals surface area contributed by atoms with Gasteiger partial charge >= 0.3 is 6.18 Å². The average molecular weight is 527 g/mol. The molecule has 0 bridgehead atoms. The molecule has 38 heavy (non-hydrogen) atoms. The standard InChI is InChI=1S/C28H26F4N4O2/c1-15-34-26-22(21-6-3-18(12-23(21)29)28(30,31)32)8-7-20(25(26)27(37)35(15)2)16-9-10-38-24(11-16)17-13-33-36(14-17)19-4-5-19/h3,6-8,12-14,16,19,24H,4-5,9-11H2,1-2H3. The lowest BCUT2D eigenvalue weighted by Crippen LogP contribution is -2.24. The number of nitrogens with zero attached hydrogens (tertiary/aromatic N) is 4. The highest BCUT2D eigenvalue weighted by atomic mass is 19.4. The van der Waals surface area contributed by atoms with Crippen LogP contribution in [0.2, 0.25) is 0 Å². The number of aromatic nitrogens is 4. The van der Waals surface area contributed by atoms with Crippen LogP contribution in [0.1, 0.15) is 66.3 Å². The highest BCUT2D eigenvalue weighted by Gasteiger charge is 2.33. The molecule has 0 spiro atoms. The first kappa shape index (κ1) is 24.8. The highest BCUT2D eigenvalue weighted by molar-refractivity contribution is 5.95. The second kappa shape index (κ2) is 9.04. The lowest BCUT2D eigenvalue weighted by atomic mass is 9.84. The first-order valence-corrected chi connectivity index (χ1v) is 12.6. The van der Waals surface area contributed by atoms with Crippen molar-refractivity contribution in [2.24, 2.45) is 7.05 Å². The van der Waals surface area contributed by atoms with Gasteiger partial charge in [-0.05, 0) is 56.2 Å². The third kappa shape index (κ3) is 4.30. The van der Waals surface area contributed by atoms with E-state index in [1.54, 1.807) is 26.1 Å². The zero-order chi connectivity index (χ0) is 26.8. The lowest BCUT2D eigenvalue weighted by molar-refractivity contribution is -0.137. The molecule has 1 aliphatic carbocycles. The number of fused-ring (bicyclic) bond motifs is 1. The molecule has 2 unspecified atom stereocenters. The minimum absolute atomic E-state index is 0.0239. The number of hydrogen-bond acceptors (Lipinski definition) is 4. The van der Waals surface area contributed by atoms with Crippen molar-refractivity contribution in [3.8, 4) is 11.1 Å². The predicted octanol–water partition coefficient (Wildman–Crippen LogP) is 6.23. The molecule has 1 saturated carbocycles. The Morgan fingerprint density at radius 1 is 1.08 bits per heavy atom. The molecular weight excluding hydrogens is 500 g/mol. The minimum Gasteiger partial charge on any atom is -0.373 e. The van der Waals surface area contributed by atoms with E-state index in [1.807, 2.05) is 17.1 Å². The molecule has 198 valence electrons. The fourth-order valence-electron chi connectivity index (χ4n) is 5.34. The summed E-state index contributed by atoms with van der Waals surface area (Å²) in [6.07, 6.45) is 2.61. The molecule has 2 atom stereocenters. The minimum atomic E-state index is -4.66. The second-order valence-corrected chi connectivity index (χ2v) is 10.2.